The molecule has 1 N–H and O–H groups in total. The number of anilines is 3. The number of rotatable bonds is 6. The Morgan fingerprint density at radius 2 is 1.76 bits per heavy atom. The third kappa shape index (κ3) is 5.56. The molecular weight excluding hydrogens is 524 g/mol. The fourth-order valence-corrected chi connectivity index (χ4v) is 6.32. The van der Waals surface area contributed by atoms with Gasteiger partial charge in [0.1, 0.15) is 18.2 Å². The molecule has 1 fully saturated rings. The lowest BCUT2D eigenvalue weighted by Crippen LogP contribution is -2.55. The molecular formula is C27H33ClN6O3S. The first-order valence-electron chi connectivity index (χ1n) is 12.7. The number of benzene rings is 2. The zero-order valence-electron chi connectivity index (χ0n) is 21.5. The van der Waals surface area contributed by atoms with E-state index in [0.29, 0.717) is 31.9 Å². The number of piperazine rings is 1. The van der Waals surface area contributed by atoms with Gasteiger partial charge in [-0.25, -0.2) is 18.4 Å². The van der Waals surface area contributed by atoms with Crippen molar-refractivity contribution in [1.82, 2.24) is 14.9 Å². The molecule has 2 aliphatic heterocycles. The first-order valence-corrected chi connectivity index (χ1v) is 14.6. The lowest BCUT2D eigenvalue weighted by atomic mass is 10.00. The van der Waals surface area contributed by atoms with Crippen LogP contribution < -0.4 is 14.5 Å². The number of hydrogen-bond acceptors (Lipinski definition) is 7. The largest absolute Gasteiger partial charge is 0.368 e. The van der Waals surface area contributed by atoms with E-state index in [-0.39, 0.29) is 24.1 Å². The molecule has 202 valence electrons. The average Bonchev–Trinajstić information content (AvgIpc) is 2.91. The van der Waals surface area contributed by atoms with Gasteiger partial charge in [-0.2, -0.15) is 0 Å². The van der Waals surface area contributed by atoms with Crippen molar-refractivity contribution in [2.75, 3.05) is 47.2 Å². The standard InChI is InChI=1S/C27H31ClN6O3S.H2/c1-19-16-26(30-18-29-19)31-38(36,37)24-8-6-23(7-9-24)32-12-14-33(15-13-32)27(35)20(2)34-11-3-4-21-17-22(28)5-10-25(21)34;/h5-10,16-18,20H,3-4,11-15H2,1-2H3,(H,29,30,31);1H/t20-;/m1./s1. The lowest BCUT2D eigenvalue weighted by molar-refractivity contribution is -0.132. The second-order valence-electron chi connectivity index (χ2n) is 9.70. The van der Waals surface area contributed by atoms with E-state index in [0.717, 1.165) is 35.8 Å². The van der Waals surface area contributed by atoms with Crippen molar-refractivity contribution in [1.29, 1.82) is 0 Å². The number of fused-ring (bicyclic) bond motifs is 1. The molecule has 9 nitrogen and oxygen atoms in total. The smallest absolute Gasteiger partial charge is 0.263 e. The molecule has 2 aliphatic rings. The Morgan fingerprint density at radius 3 is 2.47 bits per heavy atom. The summed E-state index contributed by atoms with van der Waals surface area (Å²) in [5.74, 6) is 0.355. The number of sulfonamides is 1. The number of halogens is 1. The lowest BCUT2D eigenvalue weighted by Gasteiger charge is -2.41. The molecule has 5 rings (SSSR count). The number of aromatic nitrogens is 2. The summed E-state index contributed by atoms with van der Waals surface area (Å²) >= 11 is 6.19. The number of amides is 1. The summed E-state index contributed by atoms with van der Waals surface area (Å²) in [6, 6.07) is 14.0. The highest BCUT2D eigenvalue weighted by molar-refractivity contribution is 7.92. The number of aryl methyl sites for hydroxylation is 2. The van der Waals surface area contributed by atoms with Crippen LogP contribution in [0.25, 0.3) is 0 Å². The fraction of sp³-hybridized carbons (Fsp3) is 0.370. The summed E-state index contributed by atoms with van der Waals surface area (Å²) in [5, 5.41) is 0.725. The van der Waals surface area contributed by atoms with E-state index < -0.39 is 10.0 Å². The van der Waals surface area contributed by atoms with Crippen LogP contribution in [0.2, 0.25) is 5.02 Å². The zero-order chi connectivity index (χ0) is 26.9. The van der Waals surface area contributed by atoms with Gasteiger partial charge < -0.3 is 14.7 Å². The second-order valence-corrected chi connectivity index (χ2v) is 11.8. The number of hydrogen-bond donors (Lipinski definition) is 1. The minimum atomic E-state index is -3.77. The molecule has 1 saturated heterocycles. The van der Waals surface area contributed by atoms with Crippen molar-refractivity contribution in [3.05, 3.63) is 71.1 Å². The van der Waals surface area contributed by atoms with Crippen LogP contribution in [0, 0.1) is 6.92 Å². The van der Waals surface area contributed by atoms with Crippen molar-refractivity contribution in [3.63, 3.8) is 0 Å². The maximum Gasteiger partial charge on any atom is 0.263 e. The van der Waals surface area contributed by atoms with Crippen LogP contribution in [0.1, 0.15) is 26.0 Å². The predicted molar refractivity (Wildman–Crippen MR) is 152 cm³/mol. The Morgan fingerprint density at radius 1 is 1.03 bits per heavy atom. The Kier molecular flexibility index (Phi) is 7.45. The van der Waals surface area contributed by atoms with Crippen LogP contribution in [-0.4, -0.2) is 68.0 Å². The van der Waals surface area contributed by atoms with Crippen LogP contribution in [0.3, 0.4) is 0 Å². The van der Waals surface area contributed by atoms with Crippen LogP contribution in [-0.2, 0) is 21.2 Å². The summed E-state index contributed by atoms with van der Waals surface area (Å²) in [6.45, 7) is 7.17. The fourth-order valence-electron chi connectivity index (χ4n) is 5.12. The quantitative estimate of drug-likeness (QED) is 0.490. The summed E-state index contributed by atoms with van der Waals surface area (Å²) < 4.78 is 28.0. The molecule has 38 heavy (non-hydrogen) atoms. The highest BCUT2D eigenvalue weighted by Gasteiger charge is 2.31. The van der Waals surface area contributed by atoms with Gasteiger partial charge in [-0.05, 0) is 74.7 Å². The monoisotopic (exact) mass is 556 g/mol. The van der Waals surface area contributed by atoms with Crippen molar-refractivity contribution in [3.8, 4) is 0 Å². The number of nitrogens with zero attached hydrogens (tertiary/aromatic N) is 5. The molecule has 0 radical (unpaired) electrons. The van der Waals surface area contributed by atoms with Crippen molar-refractivity contribution < 1.29 is 14.6 Å². The van der Waals surface area contributed by atoms with E-state index in [1.807, 2.05) is 30.0 Å². The second kappa shape index (κ2) is 10.8. The SMILES string of the molecule is Cc1cc(NS(=O)(=O)c2ccc(N3CCN(C(=O)[C@@H](C)N4CCCc5cc(Cl)ccc54)CC3)cc2)ncn1.[HH]. The molecule has 1 amide bonds. The predicted octanol–water partition coefficient (Wildman–Crippen LogP) is 3.98. The van der Waals surface area contributed by atoms with E-state index >= 15 is 0 Å². The van der Waals surface area contributed by atoms with Gasteiger partial charge in [0.25, 0.3) is 10.0 Å². The van der Waals surface area contributed by atoms with Gasteiger partial charge in [0.15, 0.2) is 0 Å². The van der Waals surface area contributed by atoms with Gasteiger partial charge in [-0.3, -0.25) is 9.52 Å². The summed E-state index contributed by atoms with van der Waals surface area (Å²) in [5.41, 5.74) is 3.88. The first-order chi connectivity index (χ1) is 18.2. The Hall–Kier alpha value is -3.37. The normalized spacial score (nSPS) is 16.7. The van der Waals surface area contributed by atoms with Gasteiger partial charge >= 0.3 is 0 Å². The highest BCUT2D eigenvalue weighted by atomic mass is 35.5. The van der Waals surface area contributed by atoms with E-state index in [9.17, 15) is 13.2 Å². The van der Waals surface area contributed by atoms with Gasteiger partial charge in [0.05, 0.1) is 4.90 Å². The Bertz CT molecular complexity index is 1430. The molecule has 0 aliphatic carbocycles. The summed E-state index contributed by atoms with van der Waals surface area (Å²) in [6.07, 6.45) is 3.30. The van der Waals surface area contributed by atoms with Crippen molar-refractivity contribution in [2.45, 2.75) is 37.6 Å². The van der Waals surface area contributed by atoms with E-state index in [2.05, 4.69) is 24.5 Å². The van der Waals surface area contributed by atoms with Gasteiger partial charge in [0, 0.05) is 62.3 Å². The van der Waals surface area contributed by atoms with E-state index in [1.54, 1.807) is 37.3 Å². The molecule has 0 spiro atoms. The van der Waals surface area contributed by atoms with E-state index in [1.165, 1.54) is 11.9 Å². The number of carbonyl (C=O) groups excluding carboxylic acids is 1. The molecule has 1 aromatic heterocycles. The minimum absolute atomic E-state index is 0. The van der Waals surface area contributed by atoms with Crippen LogP contribution in [0.4, 0.5) is 17.2 Å². The third-order valence-corrected chi connectivity index (χ3v) is 8.77. The molecule has 0 bridgehead atoms. The topological polar surface area (TPSA) is 98.7 Å². The average molecular weight is 557 g/mol. The van der Waals surface area contributed by atoms with Crippen LogP contribution >= 0.6 is 11.6 Å². The molecule has 0 unspecified atom stereocenters. The number of nitrogens with one attached hydrogen (secondary N) is 1. The molecule has 3 heterocycles. The van der Waals surface area contributed by atoms with Crippen LogP contribution in [0.5, 0.6) is 0 Å². The molecule has 2 aromatic carbocycles. The molecule has 1 atom stereocenters. The molecule has 11 heteroatoms. The van der Waals surface area contributed by atoms with E-state index in [4.69, 9.17) is 11.6 Å². The highest BCUT2D eigenvalue weighted by Crippen LogP contribution is 2.31. The Labute approximate surface area is 230 Å². The van der Waals surface area contributed by atoms with Crippen molar-refractivity contribution in [2.24, 2.45) is 0 Å². The maximum absolute atomic E-state index is 13.4. The van der Waals surface area contributed by atoms with Gasteiger partial charge in [-0.15, -0.1) is 0 Å². The summed E-state index contributed by atoms with van der Waals surface area (Å²) in [7, 11) is -3.77. The number of carbonyl (C=O) groups is 1. The summed E-state index contributed by atoms with van der Waals surface area (Å²) in [4.78, 5) is 27.8. The van der Waals surface area contributed by atoms with Crippen molar-refractivity contribution >= 4 is 44.7 Å². The minimum Gasteiger partial charge on any atom is -0.368 e. The molecule has 3 aromatic rings. The van der Waals surface area contributed by atoms with Gasteiger partial charge in [0.2, 0.25) is 5.91 Å². The van der Waals surface area contributed by atoms with Gasteiger partial charge in [-0.1, -0.05) is 11.6 Å². The maximum atomic E-state index is 13.4. The molecule has 0 saturated carbocycles. The third-order valence-electron chi connectivity index (χ3n) is 7.17. The van der Waals surface area contributed by atoms with Crippen LogP contribution in [0.15, 0.2) is 59.8 Å². The zero-order valence-corrected chi connectivity index (χ0v) is 23.0. The Balaban J connectivity index is 0.00000353. The first kappa shape index (κ1) is 26.2.